The van der Waals surface area contributed by atoms with Crippen LogP contribution >= 0.6 is 0 Å². The van der Waals surface area contributed by atoms with Gasteiger partial charge in [-0.25, -0.2) is 14.5 Å². The lowest BCUT2D eigenvalue weighted by molar-refractivity contribution is -0.274. The summed E-state index contributed by atoms with van der Waals surface area (Å²) < 4.78 is 80.8. The van der Waals surface area contributed by atoms with Crippen molar-refractivity contribution in [2.75, 3.05) is 32.7 Å². The smallest absolute Gasteiger partial charge is 0.406 e. The number of nitrogens with zero attached hydrogens (tertiary/aromatic N) is 6. The average molecular weight is 573 g/mol. The molecule has 0 N–H and O–H groups in total. The maximum atomic E-state index is 13.2. The van der Waals surface area contributed by atoms with Gasteiger partial charge in [-0.2, -0.15) is 13.2 Å². The number of benzene rings is 1. The monoisotopic (exact) mass is 572 g/mol. The standard InChI is InChI=1S/C25H26F6N6O3/c26-24(27,28)22-32-20-15-35(11-12-37(20)33-22)23(39)36-13-17-7-9-34(10-8-18(17)14-36)21(38)6-3-16-1-4-19(5-2-16)40-25(29,30)31/h1-6,17-18H,7-15H2/t17-,18+. The molecule has 0 saturated carbocycles. The molecular formula is C25H26F6N6O3. The number of amides is 3. The van der Waals surface area contributed by atoms with Gasteiger partial charge < -0.3 is 19.4 Å². The second-order valence-corrected chi connectivity index (χ2v) is 10.1. The van der Waals surface area contributed by atoms with Crippen LogP contribution in [0.4, 0.5) is 31.1 Å². The van der Waals surface area contributed by atoms with Crippen LogP contribution in [0.5, 0.6) is 5.75 Å². The summed E-state index contributed by atoms with van der Waals surface area (Å²) in [6, 6.07) is 4.95. The van der Waals surface area contributed by atoms with Gasteiger partial charge >= 0.3 is 18.6 Å². The third-order valence-corrected chi connectivity index (χ3v) is 7.42. The van der Waals surface area contributed by atoms with E-state index in [1.807, 2.05) is 0 Å². The van der Waals surface area contributed by atoms with Crippen LogP contribution in [0, 0.1) is 11.8 Å². The molecule has 2 aromatic rings. The van der Waals surface area contributed by atoms with Gasteiger partial charge in [0.1, 0.15) is 11.6 Å². The highest BCUT2D eigenvalue weighted by molar-refractivity contribution is 5.91. The van der Waals surface area contributed by atoms with E-state index in [9.17, 15) is 35.9 Å². The van der Waals surface area contributed by atoms with Crippen molar-refractivity contribution < 1.29 is 40.7 Å². The van der Waals surface area contributed by atoms with Crippen LogP contribution in [-0.2, 0) is 24.1 Å². The minimum Gasteiger partial charge on any atom is -0.406 e. The maximum Gasteiger partial charge on any atom is 0.573 e. The highest BCUT2D eigenvalue weighted by Crippen LogP contribution is 2.33. The summed E-state index contributed by atoms with van der Waals surface area (Å²) in [7, 11) is 0. The number of rotatable bonds is 3. The molecule has 3 amide bonds. The Bertz CT molecular complexity index is 1260. The molecule has 2 fully saturated rings. The summed E-state index contributed by atoms with van der Waals surface area (Å²) >= 11 is 0. The summed E-state index contributed by atoms with van der Waals surface area (Å²) in [4.78, 5) is 34.4. The maximum absolute atomic E-state index is 13.2. The lowest BCUT2D eigenvalue weighted by atomic mass is 9.92. The number of likely N-dealkylation sites (tertiary alicyclic amines) is 2. The van der Waals surface area contributed by atoms with Gasteiger partial charge in [0.2, 0.25) is 5.91 Å². The molecule has 1 aromatic carbocycles. The molecule has 2 atom stereocenters. The van der Waals surface area contributed by atoms with Crippen LogP contribution in [0.15, 0.2) is 30.3 Å². The predicted octanol–water partition coefficient (Wildman–Crippen LogP) is 4.01. The van der Waals surface area contributed by atoms with Crippen molar-refractivity contribution in [3.8, 4) is 5.75 Å². The number of carbonyl (C=O) groups excluding carboxylic acids is 2. The lowest BCUT2D eigenvalue weighted by Gasteiger charge is -2.31. The van der Waals surface area contributed by atoms with Gasteiger partial charge in [0, 0.05) is 38.8 Å². The van der Waals surface area contributed by atoms with Crippen LogP contribution in [0.1, 0.15) is 30.1 Å². The second kappa shape index (κ2) is 10.7. The molecule has 0 spiro atoms. The first-order valence-corrected chi connectivity index (χ1v) is 12.7. The Kier molecular flexibility index (Phi) is 7.40. The first kappa shape index (κ1) is 27.8. The fourth-order valence-electron chi connectivity index (χ4n) is 5.40. The van der Waals surface area contributed by atoms with Crippen molar-refractivity contribution in [1.29, 1.82) is 0 Å². The Hall–Kier alpha value is -3.78. The van der Waals surface area contributed by atoms with E-state index in [2.05, 4.69) is 14.8 Å². The molecule has 216 valence electrons. The summed E-state index contributed by atoms with van der Waals surface area (Å²) in [5, 5.41) is 3.50. The number of carbonyl (C=O) groups is 2. The number of hydrogen-bond acceptors (Lipinski definition) is 5. The molecule has 3 aliphatic rings. The summed E-state index contributed by atoms with van der Waals surface area (Å²) in [6.45, 7) is 2.34. The fourth-order valence-corrected chi connectivity index (χ4v) is 5.40. The molecule has 0 unspecified atom stereocenters. The minimum absolute atomic E-state index is 0.0412. The number of ether oxygens (including phenoxy) is 1. The molecule has 3 aliphatic heterocycles. The first-order valence-electron chi connectivity index (χ1n) is 12.7. The van der Waals surface area contributed by atoms with E-state index >= 15 is 0 Å². The summed E-state index contributed by atoms with van der Waals surface area (Å²) in [5.74, 6) is -1.27. The Balaban J connectivity index is 1.12. The molecule has 0 bridgehead atoms. The SMILES string of the molecule is O=C(C=Cc1ccc(OC(F)(F)F)cc1)N1CC[C@@H]2CN(C(=O)N3CCn4nc(C(F)(F)F)nc4C3)C[C@@H]2CC1. The molecule has 2 saturated heterocycles. The average Bonchev–Trinajstić information content (AvgIpc) is 3.46. The Morgan fingerprint density at radius 2 is 1.52 bits per heavy atom. The lowest BCUT2D eigenvalue weighted by Crippen LogP contribution is -2.46. The molecule has 40 heavy (non-hydrogen) atoms. The third-order valence-electron chi connectivity index (χ3n) is 7.42. The van der Waals surface area contributed by atoms with Crippen molar-refractivity contribution >= 4 is 18.0 Å². The zero-order valence-corrected chi connectivity index (χ0v) is 21.2. The van der Waals surface area contributed by atoms with E-state index in [0.717, 1.165) is 0 Å². The second-order valence-electron chi connectivity index (χ2n) is 10.1. The zero-order valence-electron chi connectivity index (χ0n) is 21.2. The van der Waals surface area contributed by atoms with Gasteiger partial charge in [0.05, 0.1) is 13.1 Å². The highest BCUT2D eigenvalue weighted by Gasteiger charge is 2.41. The summed E-state index contributed by atoms with van der Waals surface area (Å²) in [5.41, 5.74) is 0.550. The van der Waals surface area contributed by atoms with Crippen LogP contribution < -0.4 is 4.74 Å². The number of fused-ring (bicyclic) bond motifs is 2. The number of alkyl halides is 6. The van der Waals surface area contributed by atoms with Crippen LogP contribution in [0.2, 0.25) is 0 Å². The third kappa shape index (κ3) is 6.33. The number of urea groups is 1. The van der Waals surface area contributed by atoms with Gasteiger partial charge in [-0.05, 0) is 48.4 Å². The van der Waals surface area contributed by atoms with E-state index in [-0.39, 0.29) is 55.0 Å². The van der Waals surface area contributed by atoms with Gasteiger partial charge in [0.15, 0.2) is 0 Å². The van der Waals surface area contributed by atoms with Crippen LogP contribution in [0.3, 0.4) is 0 Å². The molecule has 1 aromatic heterocycles. The molecule has 9 nitrogen and oxygen atoms in total. The minimum atomic E-state index is -4.78. The van der Waals surface area contributed by atoms with Crippen molar-refractivity contribution in [2.24, 2.45) is 11.8 Å². The van der Waals surface area contributed by atoms with Gasteiger partial charge in [-0.3, -0.25) is 4.79 Å². The van der Waals surface area contributed by atoms with E-state index in [1.165, 1.54) is 46.0 Å². The molecule has 5 rings (SSSR count). The summed E-state index contributed by atoms with van der Waals surface area (Å²) in [6.07, 6.45) is -5.11. The van der Waals surface area contributed by atoms with Crippen molar-refractivity contribution in [3.63, 3.8) is 0 Å². The highest BCUT2D eigenvalue weighted by atomic mass is 19.4. The van der Waals surface area contributed by atoms with E-state index in [0.29, 0.717) is 44.6 Å². The largest absolute Gasteiger partial charge is 0.573 e. The molecular weight excluding hydrogens is 546 g/mol. The van der Waals surface area contributed by atoms with Crippen LogP contribution in [-0.4, -0.2) is 80.5 Å². The topological polar surface area (TPSA) is 83.8 Å². The quantitative estimate of drug-likeness (QED) is 0.410. The van der Waals surface area contributed by atoms with E-state index in [4.69, 9.17) is 0 Å². The predicted molar refractivity (Wildman–Crippen MR) is 127 cm³/mol. The molecule has 0 aliphatic carbocycles. The van der Waals surface area contributed by atoms with Gasteiger partial charge in [-0.1, -0.05) is 12.1 Å². The molecule has 0 radical (unpaired) electrons. The van der Waals surface area contributed by atoms with Crippen LogP contribution in [0.25, 0.3) is 6.08 Å². The Morgan fingerprint density at radius 3 is 2.12 bits per heavy atom. The molecule has 4 heterocycles. The fraction of sp³-hybridized carbons (Fsp3) is 0.520. The van der Waals surface area contributed by atoms with Crippen molar-refractivity contribution in [1.82, 2.24) is 29.5 Å². The number of halogens is 6. The number of aromatic nitrogens is 3. The Morgan fingerprint density at radius 1 is 0.875 bits per heavy atom. The normalized spacial score (nSPS) is 21.8. The van der Waals surface area contributed by atoms with Crippen molar-refractivity contribution in [3.05, 3.63) is 47.6 Å². The van der Waals surface area contributed by atoms with E-state index in [1.54, 1.807) is 9.80 Å². The van der Waals surface area contributed by atoms with E-state index < -0.39 is 18.4 Å². The van der Waals surface area contributed by atoms with Crippen molar-refractivity contribution in [2.45, 2.75) is 38.5 Å². The van der Waals surface area contributed by atoms with Gasteiger partial charge in [-0.15, -0.1) is 18.3 Å². The van der Waals surface area contributed by atoms with Gasteiger partial charge in [0.25, 0.3) is 5.82 Å². The molecule has 15 heteroatoms. The first-order chi connectivity index (χ1) is 18.9. The zero-order chi connectivity index (χ0) is 28.7. The Labute approximate surface area is 225 Å². The number of hydrogen-bond donors (Lipinski definition) is 0.